The van der Waals surface area contributed by atoms with Gasteiger partial charge in [0.25, 0.3) is 5.91 Å². The summed E-state index contributed by atoms with van der Waals surface area (Å²) in [6, 6.07) is 22.2. The van der Waals surface area contributed by atoms with Crippen molar-refractivity contribution < 1.29 is 18.0 Å². The smallest absolute Gasteiger partial charge is 0.252 e. The molecule has 2 amide bonds. The minimum Gasteiger partial charge on any atom is -0.274 e. The molecule has 0 saturated carbocycles. The molecule has 1 unspecified atom stereocenters. The number of thiazole rings is 1. The molecule has 2 aromatic heterocycles. The first kappa shape index (κ1) is 26.5. The van der Waals surface area contributed by atoms with Gasteiger partial charge in [-0.3, -0.25) is 9.59 Å². The minimum absolute atomic E-state index is 0.00141. The Morgan fingerprint density at radius 2 is 1.68 bits per heavy atom. The summed E-state index contributed by atoms with van der Waals surface area (Å²) in [5.74, 6) is -0.992. The number of imide groups is 1. The monoisotopic (exact) mass is 587 g/mol. The van der Waals surface area contributed by atoms with Crippen LogP contribution in [0.3, 0.4) is 0 Å². The lowest BCUT2D eigenvalue weighted by Crippen LogP contribution is -2.44. The van der Waals surface area contributed by atoms with E-state index < -0.39 is 27.9 Å². The number of rotatable bonds is 7. The fourth-order valence-electron chi connectivity index (χ4n) is 4.78. The maximum absolute atomic E-state index is 13.8. The molecule has 0 bridgehead atoms. The van der Waals surface area contributed by atoms with Crippen LogP contribution in [0.1, 0.15) is 22.4 Å². The fraction of sp³-hybridized carbons (Fsp3) is 0.167. The van der Waals surface area contributed by atoms with Gasteiger partial charge >= 0.3 is 0 Å². The molecule has 1 atom stereocenters. The zero-order valence-electron chi connectivity index (χ0n) is 21.8. The van der Waals surface area contributed by atoms with Crippen molar-refractivity contribution in [2.24, 2.45) is 0 Å². The van der Waals surface area contributed by atoms with Gasteiger partial charge in [0.1, 0.15) is 11.0 Å². The van der Waals surface area contributed by atoms with Crippen molar-refractivity contribution in [3.63, 3.8) is 0 Å². The van der Waals surface area contributed by atoms with Crippen LogP contribution in [0, 0.1) is 13.8 Å². The molecule has 1 aliphatic heterocycles. The molecule has 6 rings (SSSR count). The summed E-state index contributed by atoms with van der Waals surface area (Å²) in [5, 5.41) is 2.70. The zero-order valence-corrected chi connectivity index (χ0v) is 24.2. The van der Waals surface area contributed by atoms with Gasteiger partial charge in [0.2, 0.25) is 15.9 Å². The van der Waals surface area contributed by atoms with E-state index >= 15 is 0 Å². The van der Waals surface area contributed by atoms with Crippen molar-refractivity contribution in [3.05, 3.63) is 100 Å². The van der Waals surface area contributed by atoms with E-state index in [1.165, 1.54) is 27.8 Å². The second kappa shape index (κ2) is 10.4. The van der Waals surface area contributed by atoms with Crippen molar-refractivity contribution >= 4 is 60.4 Å². The predicted octanol–water partition coefficient (Wildman–Crippen LogP) is 6.16. The highest BCUT2D eigenvalue weighted by molar-refractivity contribution is 7.89. The molecule has 3 heterocycles. The summed E-state index contributed by atoms with van der Waals surface area (Å²) in [5.41, 5.74) is 4.28. The number of fused-ring (bicyclic) bond motifs is 1. The third-order valence-corrected chi connectivity index (χ3v) is 10.7. The molecule has 1 fully saturated rings. The van der Waals surface area contributed by atoms with Crippen LogP contribution in [0.15, 0.2) is 89.1 Å². The Labute approximate surface area is 240 Å². The van der Waals surface area contributed by atoms with Gasteiger partial charge in [0, 0.05) is 17.0 Å². The van der Waals surface area contributed by atoms with Gasteiger partial charge in [-0.05, 0) is 79.4 Å². The van der Waals surface area contributed by atoms with Crippen molar-refractivity contribution in [1.82, 2.24) is 9.29 Å². The molecule has 40 heavy (non-hydrogen) atoms. The van der Waals surface area contributed by atoms with Gasteiger partial charge in [0.15, 0.2) is 0 Å². The Morgan fingerprint density at radius 1 is 0.950 bits per heavy atom. The Hall–Kier alpha value is -3.70. The second-order valence-electron chi connectivity index (χ2n) is 9.77. The maximum atomic E-state index is 13.8. The standard InChI is InChI=1S/C30H25N3O4S3/c1-19-5-12-24(13-6-19)40(36,37)32(18-23-4-3-15-38-23)26-17-28(34)33(30(26)35)22-10-8-21(9-11-22)29-31-25-14-7-20(2)16-27(25)39-29/h3-16,26H,17-18H2,1-2H3. The molecule has 202 valence electrons. The number of carbonyl (C=O) groups is 2. The first-order valence-corrected chi connectivity index (χ1v) is 15.8. The normalized spacial score (nSPS) is 16.0. The van der Waals surface area contributed by atoms with Crippen molar-refractivity contribution in [2.45, 2.75) is 37.8 Å². The fourth-order valence-corrected chi connectivity index (χ4v) is 8.20. The summed E-state index contributed by atoms with van der Waals surface area (Å²) in [7, 11) is -4.06. The van der Waals surface area contributed by atoms with Gasteiger partial charge in [-0.2, -0.15) is 4.31 Å². The number of hydrogen-bond acceptors (Lipinski definition) is 7. The predicted molar refractivity (Wildman–Crippen MR) is 159 cm³/mol. The molecular weight excluding hydrogens is 563 g/mol. The largest absolute Gasteiger partial charge is 0.274 e. The summed E-state index contributed by atoms with van der Waals surface area (Å²) in [4.78, 5) is 33.6. The van der Waals surface area contributed by atoms with Crippen molar-refractivity contribution in [3.8, 4) is 10.6 Å². The summed E-state index contributed by atoms with van der Waals surface area (Å²) < 4.78 is 29.8. The Balaban J connectivity index is 1.30. The molecule has 0 spiro atoms. The van der Waals surface area contributed by atoms with Gasteiger partial charge in [-0.25, -0.2) is 18.3 Å². The lowest BCUT2D eigenvalue weighted by molar-refractivity contribution is -0.122. The van der Waals surface area contributed by atoms with Crippen LogP contribution < -0.4 is 4.90 Å². The third-order valence-electron chi connectivity index (χ3n) is 6.91. The van der Waals surface area contributed by atoms with Crippen LogP contribution in [-0.2, 0) is 26.2 Å². The molecule has 3 aromatic carbocycles. The van der Waals surface area contributed by atoms with Crippen molar-refractivity contribution in [2.75, 3.05) is 4.90 Å². The second-order valence-corrected chi connectivity index (χ2v) is 13.7. The van der Waals surface area contributed by atoms with Crippen LogP contribution in [0.5, 0.6) is 0 Å². The number of thiophene rings is 1. The molecule has 1 saturated heterocycles. The molecule has 0 N–H and O–H groups in total. The quantitative estimate of drug-likeness (QED) is 0.213. The van der Waals surface area contributed by atoms with E-state index in [-0.39, 0.29) is 17.9 Å². The first-order valence-electron chi connectivity index (χ1n) is 12.7. The average Bonchev–Trinajstić information content (AvgIpc) is 3.67. The summed E-state index contributed by atoms with van der Waals surface area (Å²) in [6.45, 7) is 3.92. The van der Waals surface area contributed by atoms with Crippen LogP contribution in [0.25, 0.3) is 20.8 Å². The number of nitrogens with zero attached hydrogens (tertiary/aromatic N) is 3. The van der Waals surface area contributed by atoms with Crippen LogP contribution in [-0.4, -0.2) is 35.6 Å². The number of benzene rings is 3. The SMILES string of the molecule is Cc1ccc(S(=O)(=O)N(Cc2cccs2)C2CC(=O)N(c3ccc(-c4nc5ccc(C)cc5s4)cc3)C2=O)cc1. The van der Waals surface area contributed by atoms with E-state index in [9.17, 15) is 18.0 Å². The minimum atomic E-state index is -4.06. The summed E-state index contributed by atoms with van der Waals surface area (Å²) in [6.07, 6.45) is -0.228. The van der Waals surface area contributed by atoms with E-state index in [0.29, 0.717) is 5.69 Å². The van der Waals surface area contributed by atoms with E-state index in [2.05, 4.69) is 6.07 Å². The van der Waals surface area contributed by atoms with E-state index in [1.54, 1.807) is 35.6 Å². The molecule has 1 aliphatic rings. The number of amides is 2. The van der Waals surface area contributed by atoms with Crippen LogP contribution in [0.4, 0.5) is 5.69 Å². The lowest BCUT2D eigenvalue weighted by atomic mass is 10.2. The summed E-state index contributed by atoms with van der Waals surface area (Å²) >= 11 is 2.98. The molecular formula is C30H25N3O4S3. The Kier molecular flexibility index (Phi) is 6.87. The molecule has 10 heteroatoms. The number of aryl methyl sites for hydroxylation is 2. The van der Waals surface area contributed by atoms with E-state index in [4.69, 9.17) is 4.98 Å². The average molecular weight is 588 g/mol. The van der Waals surface area contributed by atoms with Gasteiger partial charge in [0.05, 0.1) is 27.2 Å². The molecule has 0 radical (unpaired) electrons. The highest BCUT2D eigenvalue weighted by Crippen LogP contribution is 2.34. The first-order chi connectivity index (χ1) is 19.2. The van der Waals surface area contributed by atoms with Gasteiger partial charge in [-0.15, -0.1) is 22.7 Å². The van der Waals surface area contributed by atoms with Gasteiger partial charge in [-0.1, -0.05) is 29.8 Å². The number of aromatic nitrogens is 1. The molecule has 0 aliphatic carbocycles. The van der Waals surface area contributed by atoms with Crippen LogP contribution >= 0.6 is 22.7 Å². The number of carbonyl (C=O) groups excluding carboxylic acids is 2. The number of hydrogen-bond donors (Lipinski definition) is 0. The molecule has 7 nitrogen and oxygen atoms in total. The highest BCUT2D eigenvalue weighted by Gasteiger charge is 2.47. The van der Waals surface area contributed by atoms with Crippen LogP contribution in [0.2, 0.25) is 0 Å². The number of anilines is 1. The Bertz CT molecular complexity index is 1830. The maximum Gasteiger partial charge on any atom is 0.252 e. The van der Waals surface area contributed by atoms with Crippen molar-refractivity contribution in [1.29, 1.82) is 0 Å². The van der Waals surface area contributed by atoms with E-state index in [1.807, 2.05) is 55.6 Å². The van der Waals surface area contributed by atoms with Gasteiger partial charge < -0.3 is 0 Å². The Morgan fingerprint density at radius 3 is 2.38 bits per heavy atom. The topological polar surface area (TPSA) is 87.7 Å². The lowest BCUT2D eigenvalue weighted by Gasteiger charge is -2.26. The zero-order chi connectivity index (χ0) is 28.0. The third kappa shape index (κ3) is 4.88. The highest BCUT2D eigenvalue weighted by atomic mass is 32.2. The number of sulfonamides is 1. The van der Waals surface area contributed by atoms with E-state index in [0.717, 1.165) is 41.7 Å². The molecule has 5 aromatic rings.